The van der Waals surface area contributed by atoms with Gasteiger partial charge in [0.2, 0.25) is 11.0 Å². The smallest absolute Gasteiger partial charge is 0.475 e. The number of hydrogen-bond acceptors (Lipinski definition) is 8. The Bertz CT molecular complexity index is 786. The summed E-state index contributed by atoms with van der Waals surface area (Å²) in [6.45, 7) is 6.27. The molecule has 174 valence electrons. The molecule has 1 spiro atoms. The minimum Gasteiger partial charge on any atom is -0.475 e. The maximum Gasteiger partial charge on any atom is 0.490 e. The molecule has 0 aromatic carbocycles. The van der Waals surface area contributed by atoms with Crippen LogP contribution in [0.25, 0.3) is 0 Å². The quantitative estimate of drug-likeness (QED) is 0.717. The van der Waals surface area contributed by atoms with E-state index in [2.05, 4.69) is 15.1 Å². The fourth-order valence-electron chi connectivity index (χ4n) is 3.86. The van der Waals surface area contributed by atoms with Crippen LogP contribution >= 0.6 is 11.3 Å². The van der Waals surface area contributed by atoms with Gasteiger partial charge in [-0.3, -0.25) is 4.79 Å². The third-order valence-corrected chi connectivity index (χ3v) is 6.32. The van der Waals surface area contributed by atoms with Crippen molar-refractivity contribution in [2.75, 3.05) is 44.3 Å². The molecule has 1 N–H and O–H groups in total. The summed E-state index contributed by atoms with van der Waals surface area (Å²) in [7, 11) is 0. The Morgan fingerprint density at radius 3 is 2.55 bits per heavy atom. The number of aliphatic carboxylic acids is 1. The molecule has 3 fully saturated rings. The molecule has 0 unspecified atom stereocenters. The summed E-state index contributed by atoms with van der Waals surface area (Å²) in [5.41, 5.74) is -0.152. The van der Waals surface area contributed by atoms with Crippen LogP contribution in [0, 0.1) is 6.92 Å². The van der Waals surface area contributed by atoms with E-state index >= 15 is 0 Å². The highest BCUT2D eigenvalue weighted by molar-refractivity contribution is 7.15. The maximum absolute atomic E-state index is 12.1. The number of rotatable bonds is 4. The highest BCUT2D eigenvalue weighted by Crippen LogP contribution is 2.38. The average molecular weight is 466 g/mol. The monoisotopic (exact) mass is 466 g/mol. The Hall–Kier alpha value is -1.99. The summed E-state index contributed by atoms with van der Waals surface area (Å²) >= 11 is 1.62. The van der Waals surface area contributed by atoms with E-state index in [-0.39, 0.29) is 24.2 Å². The molecule has 3 saturated heterocycles. The van der Waals surface area contributed by atoms with Crippen molar-refractivity contribution < 1.29 is 37.3 Å². The second-order valence-corrected chi connectivity index (χ2v) is 8.96. The largest absolute Gasteiger partial charge is 0.490 e. The number of halogens is 3. The van der Waals surface area contributed by atoms with Gasteiger partial charge in [0.05, 0.1) is 18.3 Å². The van der Waals surface area contributed by atoms with E-state index in [0.29, 0.717) is 6.61 Å². The van der Waals surface area contributed by atoms with Crippen molar-refractivity contribution in [2.24, 2.45) is 0 Å². The SMILES string of the molecule is Cc1nnc(N2CC[C@]3(C[C@@H](OCC(=O)N4CCCC4)CO3)C2)s1.O=C(O)C(F)(F)F. The topological polar surface area (TPSA) is 105 Å². The first kappa shape index (κ1) is 23.7. The first-order valence-corrected chi connectivity index (χ1v) is 10.8. The molecule has 1 amide bonds. The molecule has 0 aliphatic carbocycles. The van der Waals surface area contributed by atoms with Gasteiger partial charge in [0.15, 0.2) is 0 Å². The molecular formula is C18H25F3N4O5S. The van der Waals surface area contributed by atoms with Crippen LogP contribution in [0.3, 0.4) is 0 Å². The number of hydrogen-bond donors (Lipinski definition) is 1. The van der Waals surface area contributed by atoms with Crippen molar-refractivity contribution in [2.45, 2.75) is 50.5 Å². The average Bonchev–Trinajstić information content (AvgIpc) is 3.49. The normalized spacial score (nSPS) is 25.7. The predicted octanol–water partition coefficient (Wildman–Crippen LogP) is 1.86. The van der Waals surface area contributed by atoms with E-state index in [1.165, 1.54) is 0 Å². The van der Waals surface area contributed by atoms with Crippen LogP contribution < -0.4 is 4.90 Å². The zero-order valence-electron chi connectivity index (χ0n) is 17.1. The summed E-state index contributed by atoms with van der Waals surface area (Å²) in [6.07, 6.45) is -1.00. The number of amides is 1. The lowest BCUT2D eigenvalue weighted by molar-refractivity contribution is -0.192. The number of alkyl halides is 3. The lowest BCUT2D eigenvalue weighted by Gasteiger charge is -2.23. The van der Waals surface area contributed by atoms with Crippen molar-refractivity contribution >= 4 is 28.3 Å². The number of carboxylic acid groups (broad SMARTS) is 1. The second kappa shape index (κ2) is 9.65. The number of ether oxygens (including phenoxy) is 2. The Morgan fingerprint density at radius 1 is 1.29 bits per heavy atom. The lowest BCUT2D eigenvalue weighted by atomic mass is 9.98. The van der Waals surface area contributed by atoms with Gasteiger partial charge in [0.1, 0.15) is 11.6 Å². The van der Waals surface area contributed by atoms with Crippen molar-refractivity contribution in [1.29, 1.82) is 0 Å². The summed E-state index contributed by atoms with van der Waals surface area (Å²) in [6, 6.07) is 0. The Morgan fingerprint density at radius 2 is 1.97 bits per heavy atom. The predicted molar refractivity (Wildman–Crippen MR) is 104 cm³/mol. The second-order valence-electron chi connectivity index (χ2n) is 7.80. The zero-order valence-corrected chi connectivity index (χ0v) is 17.9. The van der Waals surface area contributed by atoms with Gasteiger partial charge in [-0.25, -0.2) is 4.79 Å². The third-order valence-electron chi connectivity index (χ3n) is 5.42. The standard InChI is InChI=1S/C16H24N4O3S.C2HF3O2/c1-12-17-18-15(24-12)20-7-4-16(11-20)8-13(9-23-16)22-10-14(21)19-5-2-3-6-19;3-2(4,5)1(6)7/h13H,2-11H2,1H3;(H,6,7)/t13-,16+;/m1./s1. The number of anilines is 1. The molecule has 4 heterocycles. The Labute approximate surface area is 181 Å². The van der Waals surface area contributed by atoms with Gasteiger partial charge in [-0.2, -0.15) is 13.2 Å². The summed E-state index contributed by atoms with van der Waals surface area (Å²) in [4.78, 5) is 25.1. The van der Waals surface area contributed by atoms with Crippen molar-refractivity contribution in [1.82, 2.24) is 15.1 Å². The van der Waals surface area contributed by atoms with Crippen LogP contribution in [0.2, 0.25) is 0 Å². The molecule has 4 rings (SSSR count). The summed E-state index contributed by atoms with van der Waals surface area (Å²) < 4.78 is 43.7. The highest BCUT2D eigenvalue weighted by atomic mass is 32.1. The number of nitrogens with zero attached hydrogens (tertiary/aromatic N) is 4. The molecule has 1 aromatic rings. The Kier molecular flexibility index (Phi) is 7.37. The van der Waals surface area contributed by atoms with Crippen LogP contribution in [0.4, 0.5) is 18.3 Å². The molecule has 3 aliphatic rings. The lowest BCUT2D eigenvalue weighted by Crippen LogP contribution is -2.34. The first-order chi connectivity index (χ1) is 14.6. The number of carboxylic acids is 1. The molecule has 13 heteroatoms. The molecule has 9 nitrogen and oxygen atoms in total. The molecular weight excluding hydrogens is 441 g/mol. The first-order valence-electron chi connectivity index (χ1n) is 9.96. The molecule has 0 bridgehead atoms. The highest BCUT2D eigenvalue weighted by Gasteiger charge is 2.46. The van der Waals surface area contributed by atoms with Gasteiger partial charge in [-0.15, -0.1) is 10.2 Å². The van der Waals surface area contributed by atoms with E-state index in [0.717, 1.165) is 62.0 Å². The number of carbonyl (C=O) groups is 2. The van der Waals surface area contributed by atoms with Gasteiger partial charge in [-0.05, 0) is 26.2 Å². The van der Waals surface area contributed by atoms with E-state index in [1.54, 1.807) is 11.3 Å². The molecule has 3 aliphatic heterocycles. The van der Waals surface area contributed by atoms with Gasteiger partial charge in [0.25, 0.3) is 0 Å². The van der Waals surface area contributed by atoms with Gasteiger partial charge < -0.3 is 24.4 Å². The fourth-order valence-corrected chi connectivity index (χ4v) is 4.58. The zero-order chi connectivity index (χ0) is 22.6. The number of aromatic nitrogens is 2. The van der Waals surface area contributed by atoms with Crippen molar-refractivity contribution in [3.05, 3.63) is 5.01 Å². The minimum absolute atomic E-state index is 0.0210. The minimum atomic E-state index is -5.08. The molecule has 0 radical (unpaired) electrons. The number of carbonyl (C=O) groups excluding carboxylic acids is 1. The van der Waals surface area contributed by atoms with Crippen LogP contribution in [0.1, 0.15) is 30.7 Å². The molecule has 2 atom stereocenters. The van der Waals surface area contributed by atoms with E-state index < -0.39 is 12.1 Å². The maximum atomic E-state index is 12.1. The van der Waals surface area contributed by atoms with Gasteiger partial charge in [0, 0.05) is 32.6 Å². The molecule has 31 heavy (non-hydrogen) atoms. The van der Waals surface area contributed by atoms with Crippen LogP contribution in [0.5, 0.6) is 0 Å². The van der Waals surface area contributed by atoms with Crippen LogP contribution in [-0.2, 0) is 19.1 Å². The number of aryl methyl sites for hydroxylation is 1. The van der Waals surface area contributed by atoms with Crippen molar-refractivity contribution in [3.63, 3.8) is 0 Å². The van der Waals surface area contributed by atoms with Gasteiger partial charge >= 0.3 is 12.1 Å². The van der Waals surface area contributed by atoms with Gasteiger partial charge in [-0.1, -0.05) is 11.3 Å². The van der Waals surface area contributed by atoms with E-state index in [1.807, 2.05) is 11.8 Å². The van der Waals surface area contributed by atoms with E-state index in [9.17, 15) is 18.0 Å². The van der Waals surface area contributed by atoms with E-state index in [4.69, 9.17) is 19.4 Å². The molecule has 1 aromatic heterocycles. The van der Waals surface area contributed by atoms with Crippen LogP contribution in [-0.4, -0.2) is 89.4 Å². The summed E-state index contributed by atoms with van der Waals surface area (Å²) in [5, 5.41) is 17.4. The summed E-state index contributed by atoms with van der Waals surface area (Å²) in [5.74, 6) is -2.64. The molecule has 0 saturated carbocycles. The Balaban J connectivity index is 0.000000339. The number of likely N-dealkylation sites (tertiary alicyclic amines) is 1. The van der Waals surface area contributed by atoms with Crippen LogP contribution in [0.15, 0.2) is 0 Å². The fraction of sp³-hybridized carbons (Fsp3) is 0.778. The third kappa shape index (κ3) is 6.26. The van der Waals surface area contributed by atoms with Crippen molar-refractivity contribution in [3.8, 4) is 0 Å².